The van der Waals surface area contributed by atoms with Gasteiger partial charge in [-0.25, -0.2) is 0 Å². The minimum Gasteiger partial charge on any atom is -0.493 e. The van der Waals surface area contributed by atoms with Gasteiger partial charge in [0.2, 0.25) is 5.88 Å². The SMILES string of the molecule is CC=C(C)c1[nH]c(=S)[nH]c1O. The molecule has 1 heterocycles. The zero-order chi connectivity index (χ0) is 8.43. The van der Waals surface area contributed by atoms with Crippen molar-refractivity contribution in [2.45, 2.75) is 13.8 Å². The predicted molar refractivity (Wildman–Crippen MR) is 47.0 cm³/mol. The van der Waals surface area contributed by atoms with Crippen LogP contribution in [-0.2, 0) is 0 Å². The Balaban J connectivity index is 3.24. The fraction of sp³-hybridized carbons (Fsp3) is 0.286. The third-order valence-corrected chi connectivity index (χ3v) is 1.74. The van der Waals surface area contributed by atoms with Gasteiger partial charge in [0, 0.05) is 0 Å². The maximum Gasteiger partial charge on any atom is 0.215 e. The molecule has 0 fully saturated rings. The van der Waals surface area contributed by atoms with E-state index in [0.29, 0.717) is 10.5 Å². The van der Waals surface area contributed by atoms with Gasteiger partial charge >= 0.3 is 0 Å². The molecule has 0 aliphatic heterocycles. The molecule has 0 amide bonds. The fourth-order valence-corrected chi connectivity index (χ4v) is 1.00. The van der Waals surface area contributed by atoms with Crippen LogP contribution in [0.15, 0.2) is 6.08 Å². The van der Waals surface area contributed by atoms with Gasteiger partial charge in [-0.3, -0.25) is 0 Å². The summed E-state index contributed by atoms with van der Waals surface area (Å²) in [7, 11) is 0. The van der Waals surface area contributed by atoms with Crippen LogP contribution in [0.4, 0.5) is 0 Å². The molecule has 1 aromatic heterocycles. The Bertz CT molecular complexity index is 334. The van der Waals surface area contributed by atoms with Crippen molar-refractivity contribution in [1.82, 2.24) is 9.97 Å². The summed E-state index contributed by atoms with van der Waals surface area (Å²) in [5.41, 5.74) is 1.63. The maximum atomic E-state index is 9.24. The van der Waals surface area contributed by atoms with Gasteiger partial charge in [0.1, 0.15) is 5.69 Å². The summed E-state index contributed by atoms with van der Waals surface area (Å²) in [6, 6.07) is 0. The lowest BCUT2D eigenvalue weighted by atomic mass is 10.2. The molecule has 0 bridgehead atoms. The minimum atomic E-state index is 0.102. The molecule has 0 saturated heterocycles. The van der Waals surface area contributed by atoms with E-state index >= 15 is 0 Å². The molecule has 0 unspecified atom stereocenters. The van der Waals surface area contributed by atoms with Crippen LogP contribution in [0.5, 0.6) is 5.88 Å². The second-order valence-corrected chi connectivity index (χ2v) is 2.68. The molecule has 0 radical (unpaired) electrons. The number of aromatic amines is 2. The lowest BCUT2D eigenvalue weighted by Gasteiger charge is -1.94. The van der Waals surface area contributed by atoms with Gasteiger partial charge in [-0.2, -0.15) is 0 Å². The Morgan fingerprint density at radius 2 is 2.18 bits per heavy atom. The van der Waals surface area contributed by atoms with Crippen molar-refractivity contribution in [3.63, 3.8) is 0 Å². The Morgan fingerprint density at radius 3 is 2.55 bits per heavy atom. The highest BCUT2D eigenvalue weighted by molar-refractivity contribution is 7.71. The zero-order valence-electron chi connectivity index (χ0n) is 6.43. The van der Waals surface area contributed by atoms with Crippen LogP contribution in [0.3, 0.4) is 0 Å². The van der Waals surface area contributed by atoms with E-state index in [1.165, 1.54) is 0 Å². The molecule has 0 aliphatic carbocycles. The molecule has 4 heteroatoms. The monoisotopic (exact) mass is 170 g/mol. The Kier molecular flexibility index (Phi) is 2.14. The first-order valence-electron chi connectivity index (χ1n) is 3.29. The van der Waals surface area contributed by atoms with Crippen LogP contribution in [0.1, 0.15) is 19.5 Å². The Morgan fingerprint density at radius 1 is 1.55 bits per heavy atom. The summed E-state index contributed by atoms with van der Waals surface area (Å²) in [6.07, 6.45) is 1.90. The summed E-state index contributed by atoms with van der Waals surface area (Å²) < 4.78 is 0.443. The highest BCUT2D eigenvalue weighted by Crippen LogP contribution is 2.19. The number of aromatic nitrogens is 2. The Labute approximate surface area is 69.8 Å². The molecule has 11 heavy (non-hydrogen) atoms. The first kappa shape index (κ1) is 8.07. The number of rotatable bonds is 1. The van der Waals surface area contributed by atoms with E-state index in [1.54, 1.807) is 0 Å². The van der Waals surface area contributed by atoms with Gasteiger partial charge in [-0.15, -0.1) is 0 Å². The summed E-state index contributed by atoms with van der Waals surface area (Å²) >= 11 is 4.79. The fourth-order valence-electron chi connectivity index (χ4n) is 0.804. The van der Waals surface area contributed by atoms with Crippen molar-refractivity contribution in [2.75, 3.05) is 0 Å². The topological polar surface area (TPSA) is 51.8 Å². The minimum absolute atomic E-state index is 0.102. The predicted octanol–water partition coefficient (Wildman–Crippen LogP) is 2.20. The van der Waals surface area contributed by atoms with E-state index in [1.807, 2.05) is 19.9 Å². The zero-order valence-corrected chi connectivity index (χ0v) is 7.25. The molecule has 3 N–H and O–H groups in total. The van der Waals surface area contributed by atoms with Crippen LogP contribution in [0.2, 0.25) is 0 Å². The molecule has 3 nitrogen and oxygen atoms in total. The third kappa shape index (κ3) is 1.51. The van der Waals surface area contributed by atoms with Crippen LogP contribution < -0.4 is 0 Å². The Hall–Kier alpha value is -1.03. The molecule has 0 aliphatic rings. The van der Waals surface area contributed by atoms with Crippen molar-refractivity contribution in [3.05, 3.63) is 16.5 Å². The number of aromatic hydroxyl groups is 1. The quantitative estimate of drug-likeness (QED) is 0.566. The third-order valence-electron chi connectivity index (χ3n) is 1.53. The van der Waals surface area contributed by atoms with Crippen LogP contribution in [-0.4, -0.2) is 15.1 Å². The van der Waals surface area contributed by atoms with Crippen LogP contribution in [0.25, 0.3) is 5.57 Å². The van der Waals surface area contributed by atoms with Crippen molar-refractivity contribution in [1.29, 1.82) is 0 Å². The van der Waals surface area contributed by atoms with E-state index in [2.05, 4.69) is 9.97 Å². The molecule has 60 valence electrons. The second kappa shape index (κ2) is 2.92. The molecule has 1 rings (SSSR count). The van der Waals surface area contributed by atoms with Gasteiger partial charge in [0.15, 0.2) is 4.77 Å². The largest absolute Gasteiger partial charge is 0.493 e. The smallest absolute Gasteiger partial charge is 0.215 e. The van der Waals surface area contributed by atoms with Gasteiger partial charge in [0.25, 0.3) is 0 Å². The van der Waals surface area contributed by atoms with E-state index in [9.17, 15) is 5.11 Å². The maximum absolute atomic E-state index is 9.24. The van der Waals surface area contributed by atoms with Crippen molar-refractivity contribution < 1.29 is 5.11 Å². The average Bonchev–Trinajstić information content (AvgIpc) is 2.28. The lowest BCUT2D eigenvalue weighted by molar-refractivity contribution is 0.454. The van der Waals surface area contributed by atoms with Crippen LogP contribution >= 0.6 is 12.2 Å². The van der Waals surface area contributed by atoms with E-state index < -0.39 is 0 Å². The number of hydrogen-bond acceptors (Lipinski definition) is 2. The molecular weight excluding hydrogens is 160 g/mol. The number of imidazole rings is 1. The van der Waals surface area contributed by atoms with Crippen molar-refractivity contribution in [3.8, 4) is 5.88 Å². The summed E-state index contributed by atoms with van der Waals surface area (Å²) in [4.78, 5) is 5.43. The first-order valence-corrected chi connectivity index (χ1v) is 3.70. The van der Waals surface area contributed by atoms with Gasteiger partial charge in [-0.05, 0) is 31.6 Å². The lowest BCUT2D eigenvalue weighted by Crippen LogP contribution is -1.78. The molecule has 0 aromatic carbocycles. The molecule has 0 spiro atoms. The van der Waals surface area contributed by atoms with E-state index in [-0.39, 0.29) is 5.88 Å². The van der Waals surface area contributed by atoms with E-state index in [0.717, 1.165) is 5.57 Å². The average molecular weight is 170 g/mol. The molecule has 1 aromatic rings. The standard InChI is InChI=1S/C7H10N2OS/c1-3-4(2)5-6(10)9-7(11)8-5/h3,10H,1-2H3,(H2,8,9,11). The number of nitrogens with one attached hydrogen (secondary N) is 2. The highest BCUT2D eigenvalue weighted by atomic mass is 32.1. The molecule has 0 saturated carbocycles. The van der Waals surface area contributed by atoms with Gasteiger partial charge in [0.05, 0.1) is 0 Å². The normalized spacial score (nSPS) is 12.0. The van der Waals surface area contributed by atoms with Crippen molar-refractivity contribution in [2.24, 2.45) is 0 Å². The van der Waals surface area contributed by atoms with Gasteiger partial charge < -0.3 is 15.1 Å². The van der Waals surface area contributed by atoms with Crippen molar-refractivity contribution >= 4 is 17.8 Å². The van der Waals surface area contributed by atoms with Gasteiger partial charge in [-0.1, -0.05) is 6.08 Å². The first-order chi connectivity index (χ1) is 5.15. The summed E-state index contributed by atoms with van der Waals surface area (Å²) in [5.74, 6) is 0.102. The number of hydrogen-bond donors (Lipinski definition) is 3. The molecule has 0 atom stereocenters. The number of H-pyrrole nitrogens is 2. The molecular formula is C7H10N2OS. The summed E-state index contributed by atoms with van der Waals surface area (Å²) in [5, 5.41) is 9.24. The summed E-state index contributed by atoms with van der Waals surface area (Å²) in [6.45, 7) is 3.80. The highest BCUT2D eigenvalue weighted by Gasteiger charge is 2.03. The van der Waals surface area contributed by atoms with E-state index in [4.69, 9.17) is 12.2 Å². The van der Waals surface area contributed by atoms with Crippen LogP contribution in [0, 0.1) is 4.77 Å². The number of allylic oxidation sites excluding steroid dienone is 2. The second-order valence-electron chi connectivity index (χ2n) is 2.27.